The lowest BCUT2D eigenvalue weighted by Gasteiger charge is -2.13. The zero-order valence-electron chi connectivity index (χ0n) is 35.9. The Morgan fingerprint density at radius 3 is 1.54 bits per heavy atom. The van der Waals surface area contributed by atoms with Crippen molar-refractivity contribution in [2.45, 2.75) is 0 Å². The highest BCUT2D eigenvalue weighted by Crippen LogP contribution is 2.37. The Morgan fingerprint density at radius 1 is 0.315 bits per heavy atom. The molecule has 0 amide bonds. The average Bonchev–Trinajstić information content (AvgIpc) is 3.31. The molecule has 1 heterocycles. The first kappa shape index (κ1) is 24.9. The fraction of sp³-hybridized carbons (Fsp3) is 0. The summed E-state index contributed by atoms with van der Waals surface area (Å²) in [7, 11) is 0. The minimum Gasteiger partial charge on any atom is -0.208 e. The van der Waals surface area contributed by atoms with E-state index in [0.29, 0.717) is 23.0 Å². The van der Waals surface area contributed by atoms with E-state index in [0.717, 1.165) is 60.5 Å². The molecule has 0 N–H and O–H groups in total. The summed E-state index contributed by atoms with van der Waals surface area (Å²) in [6.45, 7) is 0. The van der Waals surface area contributed by atoms with Gasteiger partial charge in [-0.1, -0.05) is 176 Å². The number of aromatic nitrogens is 3. The van der Waals surface area contributed by atoms with Gasteiger partial charge in [0.15, 0.2) is 17.5 Å². The van der Waals surface area contributed by atoms with Crippen LogP contribution >= 0.6 is 0 Å². The van der Waals surface area contributed by atoms with Gasteiger partial charge in [0.05, 0.1) is 9.60 Å². The molecule has 0 aliphatic heterocycles. The van der Waals surface area contributed by atoms with Crippen LogP contribution in [0, 0.1) is 0 Å². The van der Waals surface area contributed by atoms with Crippen molar-refractivity contribution in [1.82, 2.24) is 15.0 Å². The van der Waals surface area contributed by atoms with Gasteiger partial charge < -0.3 is 0 Å². The Kier molecular flexibility index (Phi) is 6.17. The second-order valence-corrected chi connectivity index (χ2v) is 13.1. The second kappa shape index (κ2) is 13.4. The number of nitrogens with zero attached hydrogens (tertiary/aromatic N) is 3. The summed E-state index contributed by atoms with van der Waals surface area (Å²) in [5.74, 6) is 1.60. The molecule has 0 atom stereocenters. The molecule has 252 valence electrons. The molecule has 3 nitrogen and oxygen atoms in total. The molecule has 10 rings (SSSR count). The maximum absolute atomic E-state index is 9.20. The number of benzene rings is 9. The van der Waals surface area contributed by atoms with Crippen molar-refractivity contribution in [3.8, 4) is 67.5 Å². The SMILES string of the molecule is [2H]c1c([2H])c([2H])c2c([2H])c(-c3cccc4c(-c5cccc(-c6nc(-c7ccccc7)nc(-c7ccc8cc(-c9ccccc9)ccc8c7)n6)c5)cccc34)c([2H])c([2H])c2c1[2H]. The highest BCUT2D eigenvalue weighted by Gasteiger charge is 2.15. The monoisotopic (exact) mass is 694 g/mol. The van der Waals surface area contributed by atoms with Gasteiger partial charge in [0.1, 0.15) is 0 Å². The smallest absolute Gasteiger partial charge is 0.164 e. The molecular weight excluding hydrogens is 655 g/mol. The van der Waals surface area contributed by atoms with Gasteiger partial charge in [-0.2, -0.15) is 0 Å². The molecule has 9 aromatic carbocycles. The second-order valence-electron chi connectivity index (χ2n) is 13.1. The lowest BCUT2D eigenvalue weighted by atomic mass is 9.91. The van der Waals surface area contributed by atoms with Crippen LogP contribution in [0.4, 0.5) is 0 Å². The van der Waals surface area contributed by atoms with E-state index in [1.165, 1.54) is 0 Å². The molecule has 0 saturated heterocycles. The molecular formula is C51H33N3. The van der Waals surface area contributed by atoms with E-state index in [9.17, 15) is 1.37 Å². The molecule has 0 aliphatic rings. The molecule has 0 radical (unpaired) electrons. The molecule has 3 heteroatoms. The highest BCUT2D eigenvalue weighted by molar-refractivity contribution is 6.05. The van der Waals surface area contributed by atoms with Crippen LogP contribution in [0.15, 0.2) is 200 Å². The highest BCUT2D eigenvalue weighted by atomic mass is 15.0. The third-order valence-electron chi connectivity index (χ3n) is 9.75. The lowest BCUT2D eigenvalue weighted by Crippen LogP contribution is -2.00. The van der Waals surface area contributed by atoms with Gasteiger partial charge in [-0.15, -0.1) is 0 Å². The first-order valence-electron chi connectivity index (χ1n) is 21.2. The van der Waals surface area contributed by atoms with Crippen molar-refractivity contribution in [2.75, 3.05) is 0 Å². The topological polar surface area (TPSA) is 38.7 Å². The number of fused-ring (bicyclic) bond motifs is 3. The van der Waals surface area contributed by atoms with Crippen molar-refractivity contribution in [2.24, 2.45) is 0 Å². The molecule has 0 saturated carbocycles. The van der Waals surface area contributed by atoms with Gasteiger partial charge in [-0.3, -0.25) is 0 Å². The van der Waals surface area contributed by atoms with Crippen LogP contribution < -0.4 is 0 Å². The van der Waals surface area contributed by atoms with Gasteiger partial charge in [-0.25, -0.2) is 15.0 Å². The Bertz CT molecular complexity index is 3390. The van der Waals surface area contributed by atoms with Crippen molar-refractivity contribution in [3.63, 3.8) is 0 Å². The number of hydrogen-bond acceptors (Lipinski definition) is 3. The predicted molar refractivity (Wildman–Crippen MR) is 225 cm³/mol. The van der Waals surface area contributed by atoms with Crippen LogP contribution in [0.5, 0.6) is 0 Å². The number of hydrogen-bond donors (Lipinski definition) is 0. The van der Waals surface area contributed by atoms with Crippen LogP contribution in [-0.2, 0) is 0 Å². The normalized spacial score (nSPS) is 13.1. The molecule has 0 aliphatic carbocycles. The zero-order valence-corrected chi connectivity index (χ0v) is 28.9. The average molecular weight is 695 g/mol. The van der Waals surface area contributed by atoms with E-state index < -0.39 is 24.2 Å². The van der Waals surface area contributed by atoms with Crippen LogP contribution in [0.25, 0.3) is 99.9 Å². The quantitative estimate of drug-likeness (QED) is 0.174. The Labute approximate surface area is 323 Å². The number of rotatable bonds is 6. The third kappa shape index (κ3) is 5.88. The summed E-state index contributed by atoms with van der Waals surface area (Å²) < 4.78 is 60.6. The molecule has 0 fully saturated rings. The van der Waals surface area contributed by atoms with Gasteiger partial charge in [0.2, 0.25) is 0 Å². The fourth-order valence-corrected chi connectivity index (χ4v) is 7.07. The van der Waals surface area contributed by atoms with Gasteiger partial charge in [0, 0.05) is 16.7 Å². The summed E-state index contributed by atoms with van der Waals surface area (Å²) in [4.78, 5) is 15.0. The van der Waals surface area contributed by atoms with E-state index >= 15 is 0 Å². The summed E-state index contributed by atoms with van der Waals surface area (Å²) >= 11 is 0. The first-order chi connectivity index (χ1) is 29.7. The summed E-state index contributed by atoms with van der Waals surface area (Å²) in [5.41, 5.74) is 7.24. The minimum absolute atomic E-state index is 0.0738. The standard InChI is InChI=1S/C51H33N3/c1-3-12-34(13-4-1)38-25-26-40-32-44(29-27-39(40)30-38)51-53-49(36-15-5-2-6-16-36)52-50(54-51)43-19-9-18-41(33-43)45-20-10-23-48-46(21-11-22-47(45)48)42-28-24-35-14-7-8-17-37(35)31-42/h1-33H/i7D,8D,14D,17D,24D,28D,31D. The van der Waals surface area contributed by atoms with Crippen molar-refractivity contribution in [1.29, 1.82) is 0 Å². The minimum atomic E-state index is -0.495. The largest absolute Gasteiger partial charge is 0.208 e. The van der Waals surface area contributed by atoms with Crippen molar-refractivity contribution in [3.05, 3.63) is 200 Å². The van der Waals surface area contributed by atoms with Gasteiger partial charge >= 0.3 is 0 Å². The van der Waals surface area contributed by atoms with Crippen molar-refractivity contribution >= 4 is 32.3 Å². The van der Waals surface area contributed by atoms with E-state index in [-0.39, 0.29) is 34.5 Å². The van der Waals surface area contributed by atoms with Crippen LogP contribution in [-0.4, -0.2) is 15.0 Å². The molecule has 0 unspecified atom stereocenters. The Hall–Kier alpha value is -7.23. The van der Waals surface area contributed by atoms with E-state index in [4.69, 9.17) is 23.2 Å². The van der Waals surface area contributed by atoms with E-state index in [1.54, 1.807) is 6.07 Å². The van der Waals surface area contributed by atoms with E-state index in [2.05, 4.69) is 42.5 Å². The summed E-state index contributed by atoms with van der Waals surface area (Å²) in [6, 6.07) is 49.7. The zero-order chi connectivity index (χ0) is 41.9. The van der Waals surface area contributed by atoms with Gasteiger partial charge in [0.25, 0.3) is 0 Å². The van der Waals surface area contributed by atoms with Gasteiger partial charge in [-0.05, 0) is 89.9 Å². The Morgan fingerprint density at radius 2 is 0.833 bits per heavy atom. The Balaban J connectivity index is 1.09. The summed E-state index contributed by atoms with van der Waals surface area (Å²) in [5, 5.41) is 3.55. The fourth-order valence-electron chi connectivity index (χ4n) is 7.07. The summed E-state index contributed by atoms with van der Waals surface area (Å²) in [6.07, 6.45) is 0. The van der Waals surface area contributed by atoms with Crippen LogP contribution in [0.1, 0.15) is 9.60 Å². The molecule has 10 aromatic rings. The molecule has 1 aromatic heterocycles. The molecule has 54 heavy (non-hydrogen) atoms. The van der Waals surface area contributed by atoms with E-state index in [1.807, 2.05) is 109 Å². The predicted octanol–water partition coefficient (Wildman–Crippen LogP) is 13.3. The third-order valence-corrected chi connectivity index (χ3v) is 9.75. The maximum atomic E-state index is 9.20. The molecule has 0 spiro atoms. The van der Waals surface area contributed by atoms with Crippen LogP contribution in [0.2, 0.25) is 0 Å². The maximum Gasteiger partial charge on any atom is 0.164 e. The van der Waals surface area contributed by atoms with Crippen molar-refractivity contribution < 1.29 is 9.60 Å². The lowest BCUT2D eigenvalue weighted by molar-refractivity contribution is 1.07. The van der Waals surface area contributed by atoms with Crippen LogP contribution in [0.3, 0.4) is 0 Å². The first-order valence-corrected chi connectivity index (χ1v) is 17.7. The molecule has 0 bridgehead atoms.